The van der Waals surface area contributed by atoms with E-state index in [1.807, 2.05) is 42.5 Å². The zero-order chi connectivity index (χ0) is 34.6. The highest BCUT2D eigenvalue weighted by atomic mass is 15.2. The van der Waals surface area contributed by atoms with Crippen molar-refractivity contribution in [2.45, 2.75) is 0 Å². The first-order valence-corrected chi connectivity index (χ1v) is 17.2. The van der Waals surface area contributed by atoms with Crippen LogP contribution in [0.4, 0.5) is 5.69 Å². The van der Waals surface area contributed by atoms with Crippen molar-refractivity contribution in [3.63, 3.8) is 0 Å². The molecular weight excluding hydrogens is 637 g/mol. The van der Waals surface area contributed by atoms with E-state index in [0.717, 1.165) is 49.7 Å². The molecule has 0 N–H and O–H groups in total. The van der Waals surface area contributed by atoms with Gasteiger partial charge in [-0.05, 0) is 53.6 Å². The summed E-state index contributed by atoms with van der Waals surface area (Å²) >= 11 is 0. The van der Waals surface area contributed by atoms with Gasteiger partial charge < -0.3 is 4.57 Å². The average molecular weight is 665 g/mol. The zero-order valence-corrected chi connectivity index (χ0v) is 27.8. The molecule has 0 aliphatic rings. The van der Waals surface area contributed by atoms with Crippen LogP contribution in [0.15, 0.2) is 170 Å². The lowest BCUT2D eigenvalue weighted by Crippen LogP contribution is -2.06. The normalized spacial score (nSPS) is 11.4. The maximum absolute atomic E-state index is 7.42. The van der Waals surface area contributed by atoms with Crippen molar-refractivity contribution in [3.05, 3.63) is 181 Å². The summed E-state index contributed by atoms with van der Waals surface area (Å²) in [7, 11) is 0. The molecule has 10 rings (SSSR count). The van der Waals surface area contributed by atoms with E-state index in [1.165, 1.54) is 21.8 Å². The second-order valence-electron chi connectivity index (χ2n) is 12.8. The molecule has 3 aromatic heterocycles. The summed E-state index contributed by atoms with van der Waals surface area (Å²) in [5.74, 6) is 1.66. The van der Waals surface area contributed by atoms with Crippen LogP contribution in [-0.4, -0.2) is 24.1 Å². The number of benzene rings is 7. The second kappa shape index (κ2) is 11.9. The third kappa shape index (κ3) is 4.76. The molecule has 7 aromatic carbocycles. The summed E-state index contributed by atoms with van der Waals surface area (Å²) < 4.78 is 4.49. The second-order valence-corrected chi connectivity index (χ2v) is 12.8. The summed E-state index contributed by atoms with van der Waals surface area (Å²) in [5.41, 5.74) is 10.0. The van der Waals surface area contributed by atoms with Crippen LogP contribution in [0.5, 0.6) is 0 Å². The topological polar surface area (TPSA) is 52.9 Å². The van der Waals surface area contributed by atoms with E-state index in [1.54, 1.807) is 12.1 Å². The molecule has 6 nitrogen and oxygen atoms in total. The van der Waals surface area contributed by atoms with Crippen LogP contribution in [0.3, 0.4) is 0 Å². The Morgan fingerprint density at radius 3 is 1.62 bits per heavy atom. The molecule has 242 valence electrons. The molecule has 0 spiro atoms. The molecule has 0 atom stereocenters. The molecule has 0 radical (unpaired) electrons. The lowest BCUT2D eigenvalue weighted by molar-refractivity contribution is 0.953. The fourth-order valence-electron chi connectivity index (χ4n) is 7.37. The molecule has 0 aliphatic heterocycles. The third-order valence-corrected chi connectivity index (χ3v) is 9.80. The molecule has 52 heavy (non-hydrogen) atoms. The summed E-state index contributed by atoms with van der Waals surface area (Å²) in [5, 5.41) is 4.66. The summed E-state index contributed by atoms with van der Waals surface area (Å²) in [6, 6.07) is 58.4. The molecule has 0 unspecified atom stereocenters. The highest BCUT2D eigenvalue weighted by Gasteiger charge is 2.19. The van der Waals surface area contributed by atoms with Gasteiger partial charge in [-0.2, -0.15) is 9.97 Å². The first-order valence-electron chi connectivity index (χ1n) is 17.2. The molecule has 0 amide bonds. The van der Waals surface area contributed by atoms with Crippen LogP contribution in [0.25, 0.3) is 94.0 Å². The van der Waals surface area contributed by atoms with E-state index in [-0.39, 0.29) is 0 Å². The van der Waals surface area contributed by atoms with E-state index in [4.69, 9.17) is 21.5 Å². The van der Waals surface area contributed by atoms with Gasteiger partial charge in [-0.3, -0.25) is 4.57 Å². The summed E-state index contributed by atoms with van der Waals surface area (Å²) in [6.07, 6.45) is 0. The van der Waals surface area contributed by atoms with Gasteiger partial charge in [0.15, 0.2) is 17.3 Å². The van der Waals surface area contributed by atoms with E-state index >= 15 is 0 Å². The van der Waals surface area contributed by atoms with Gasteiger partial charge in [0.05, 0.1) is 28.6 Å². The number of nitrogens with zero attached hydrogens (tertiary/aromatic N) is 6. The van der Waals surface area contributed by atoms with Gasteiger partial charge >= 0.3 is 0 Å². The SMILES string of the molecule is [C-]#[N+]c1ccc(-c2nc(-c3ccccc3)nc(-n3c4ccccc4c4ccc(-c5ccc6c(c5)c5ccccc5n6-c5ccccc5)cc43)n2)cc1. The monoisotopic (exact) mass is 664 g/mol. The van der Waals surface area contributed by atoms with Crippen LogP contribution in [0.2, 0.25) is 0 Å². The van der Waals surface area contributed by atoms with Crippen LogP contribution in [0.1, 0.15) is 0 Å². The fraction of sp³-hybridized carbons (Fsp3) is 0. The van der Waals surface area contributed by atoms with Crippen molar-refractivity contribution >= 4 is 49.3 Å². The van der Waals surface area contributed by atoms with E-state index in [9.17, 15) is 0 Å². The first kappa shape index (κ1) is 29.5. The molecule has 0 bridgehead atoms. The fourth-order valence-corrected chi connectivity index (χ4v) is 7.37. The van der Waals surface area contributed by atoms with Crippen LogP contribution < -0.4 is 0 Å². The summed E-state index contributed by atoms with van der Waals surface area (Å²) in [6.45, 7) is 7.42. The Kier molecular flexibility index (Phi) is 6.76. The Hall–Kier alpha value is -7.36. The van der Waals surface area contributed by atoms with E-state index in [0.29, 0.717) is 23.3 Å². The predicted molar refractivity (Wildman–Crippen MR) is 211 cm³/mol. The van der Waals surface area contributed by atoms with Crippen molar-refractivity contribution < 1.29 is 0 Å². The predicted octanol–water partition coefficient (Wildman–Crippen LogP) is 11.6. The Labute approximate surface area is 299 Å². The smallest absolute Gasteiger partial charge is 0.238 e. The van der Waals surface area contributed by atoms with Crippen molar-refractivity contribution in [3.8, 4) is 45.5 Å². The standard InChI is InChI=1S/C46H28N6/c1-47-34-24-20-31(21-25-34)45-48-44(30-12-4-2-5-13-30)49-46(50-45)52-41-19-11-8-16-36(41)38-26-22-33(29-43(38)52)32-23-27-42-39(28-32)37-17-9-10-18-40(37)51(42)35-14-6-3-7-15-35/h2-29H. The minimum Gasteiger partial charge on any atom is -0.309 e. The minimum atomic E-state index is 0.530. The Morgan fingerprint density at radius 2 is 0.904 bits per heavy atom. The summed E-state index contributed by atoms with van der Waals surface area (Å²) in [4.78, 5) is 18.7. The number of rotatable bonds is 5. The highest BCUT2D eigenvalue weighted by molar-refractivity contribution is 6.12. The number of hydrogen-bond donors (Lipinski definition) is 0. The Bertz CT molecular complexity index is 3010. The number of fused-ring (bicyclic) bond motifs is 6. The lowest BCUT2D eigenvalue weighted by atomic mass is 10.0. The number of para-hydroxylation sites is 3. The molecular formula is C46H28N6. The van der Waals surface area contributed by atoms with Gasteiger partial charge in [-0.15, -0.1) is 0 Å². The molecule has 10 aromatic rings. The molecule has 0 saturated carbocycles. The number of hydrogen-bond acceptors (Lipinski definition) is 3. The molecule has 3 heterocycles. The van der Waals surface area contributed by atoms with Gasteiger partial charge in [0, 0.05) is 38.4 Å². The van der Waals surface area contributed by atoms with Gasteiger partial charge in [0.2, 0.25) is 5.95 Å². The Morgan fingerprint density at radius 1 is 0.385 bits per heavy atom. The molecule has 0 saturated heterocycles. The van der Waals surface area contributed by atoms with Crippen LogP contribution in [0, 0.1) is 6.57 Å². The van der Waals surface area contributed by atoms with Crippen LogP contribution >= 0.6 is 0 Å². The van der Waals surface area contributed by atoms with Gasteiger partial charge in [-0.25, -0.2) is 9.83 Å². The minimum absolute atomic E-state index is 0.530. The van der Waals surface area contributed by atoms with Crippen LogP contribution in [-0.2, 0) is 0 Å². The van der Waals surface area contributed by atoms with Crippen molar-refractivity contribution in [2.24, 2.45) is 0 Å². The van der Waals surface area contributed by atoms with Gasteiger partial charge in [-0.1, -0.05) is 127 Å². The maximum Gasteiger partial charge on any atom is 0.238 e. The third-order valence-electron chi connectivity index (χ3n) is 9.80. The maximum atomic E-state index is 7.42. The average Bonchev–Trinajstić information content (AvgIpc) is 3.73. The molecule has 0 fully saturated rings. The largest absolute Gasteiger partial charge is 0.309 e. The quantitative estimate of drug-likeness (QED) is 0.172. The van der Waals surface area contributed by atoms with Crippen molar-refractivity contribution in [1.82, 2.24) is 24.1 Å². The zero-order valence-electron chi connectivity index (χ0n) is 27.8. The van der Waals surface area contributed by atoms with Crippen molar-refractivity contribution in [1.29, 1.82) is 0 Å². The van der Waals surface area contributed by atoms with Crippen molar-refractivity contribution in [2.75, 3.05) is 0 Å². The number of aromatic nitrogens is 5. The van der Waals surface area contributed by atoms with Gasteiger partial charge in [0.25, 0.3) is 0 Å². The lowest BCUT2D eigenvalue weighted by Gasteiger charge is -2.11. The Balaban J connectivity index is 1.20. The molecule has 6 heteroatoms. The van der Waals surface area contributed by atoms with E-state index < -0.39 is 0 Å². The van der Waals surface area contributed by atoms with Gasteiger partial charge in [0.1, 0.15) is 0 Å². The first-order chi connectivity index (χ1) is 25.7. The van der Waals surface area contributed by atoms with E-state index in [2.05, 4.69) is 129 Å². The highest BCUT2D eigenvalue weighted by Crippen LogP contribution is 2.38. The molecule has 0 aliphatic carbocycles.